The quantitative estimate of drug-likeness (QED) is 0.882. The maximum atomic E-state index is 6.15. The minimum atomic E-state index is -0.0186. The van der Waals surface area contributed by atoms with E-state index in [2.05, 4.69) is 5.32 Å². The van der Waals surface area contributed by atoms with Gasteiger partial charge in [-0.3, -0.25) is 0 Å². The van der Waals surface area contributed by atoms with Crippen LogP contribution in [0.2, 0.25) is 15.3 Å². The Morgan fingerprint density at radius 1 is 1.11 bits per heavy atom. The molecule has 96 valence electrons. The van der Waals surface area contributed by atoms with Crippen LogP contribution in [0.1, 0.15) is 17.4 Å². The summed E-state index contributed by atoms with van der Waals surface area (Å²) in [5.41, 5.74) is 0.896. The van der Waals surface area contributed by atoms with Crippen LogP contribution in [0, 0.1) is 0 Å². The number of likely N-dealkylation sites (N-methyl/N-ethyl adjacent to an activating group) is 1. The molecular formula is C13H12Cl3NO. The molecule has 0 fully saturated rings. The van der Waals surface area contributed by atoms with Crippen molar-refractivity contribution >= 4 is 34.8 Å². The lowest BCUT2D eigenvalue weighted by Gasteiger charge is -2.15. The van der Waals surface area contributed by atoms with Crippen LogP contribution in [-0.4, -0.2) is 7.05 Å². The molecule has 2 rings (SSSR count). The number of nitrogens with one attached hydrogen (secondary N) is 1. The van der Waals surface area contributed by atoms with E-state index < -0.39 is 0 Å². The van der Waals surface area contributed by atoms with Crippen molar-refractivity contribution in [2.45, 2.75) is 12.5 Å². The molecule has 1 atom stereocenters. The van der Waals surface area contributed by atoms with E-state index in [1.807, 2.05) is 31.3 Å². The Balaban J connectivity index is 2.26. The Labute approximate surface area is 121 Å². The Morgan fingerprint density at radius 3 is 2.28 bits per heavy atom. The number of hydrogen-bond donors (Lipinski definition) is 1. The van der Waals surface area contributed by atoms with E-state index in [0.29, 0.717) is 21.7 Å². The van der Waals surface area contributed by atoms with Crippen LogP contribution < -0.4 is 5.32 Å². The maximum Gasteiger partial charge on any atom is 0.193 e. The summed E-state index contributed by atoms with van der Waals surface area (Å²) >= 11 is 18.1. The van der Waals surface area contributed by atoms with Gasteiger partial charge >= 0.3 is 0 Å². The molecule has 0 aliphatic heterocycles. The molecular weight excluding hydrogens is 293 g/mol. The average molecular weight is 305 g/mol. The third kappa shape index (κ3) is 3.01. The van der Waals surface area contributed by atoms with Gasteiger partial charge in [-0.05, 0) is 54.9 Å². The third-order valence-corrected chi connectivity index (χ3v) is 3.67. The number of benzene rings is 1. The van der Waals surface area contributed by atoms with Crippen molar-refractivity contribution in [2.24, 2.45) is 0 Å². The molecule has 0 aliphatic rings. The largest absolute Gasteiger partial charge is 0.448 e. The molecule has 0 amide bonds. The number of furan rings is 1. The zero-order valence-electron chi connectivity index (χ0n) is 9.71. The van der Waals surface area contributed by atoms with E-state index >= 15 is 0 Å². The molecule has 1 heterocycles. The molecule has 0 bridgehead atoms. The van der Waals surface area contributed by atoms with Gasteiger partial charge in [0.05, 0.1) is 6.04 Å². The first-order valence-electron chi connectivity index (χ1n) is 5.47. The summed E-state index contributed by atoms with van der Waals surface area (Å²) in [4.78, 5) is 0. The Hall–Kier alpha value is -0.670. The molecule has 2 aromatic rings. The van der Waals surface area contributed by atoms with Crippen LogP contribution in [0.4, 0.5) is 0 Å². The third-order valence-electron chi connectivity index (χ3n) is 2.76. The molecule has 0 radical (unpaired) electrons. The van der Waals surface area contributed by atoms with Crippen molar-refractivity contribution in [1.29, 1.82) is 0 Å². The molecule has 2 nitrogen and oxygen atoms in total. The zero-order valence-corrected chi connectivity index (χ0v) is 12.0. The van der Waals surface area contributed by atoms with Gasteiger partial charge in [0, 0.05) is 10.0 Å². The predicted molar refractivity (Wildman–Crippen MR) is 75.7 cm³/mol. The summed E-state index contributed by atoms with van der Waals surface area (Å²) in [7, 11) is 1.85. The van der Waals surface area contributed by atoms with Gasteiger partial charge in [-0.25, -0.2) is 0 Å². The Bertz CT molecular complexity index is 519. The van der Waals surface area contributed by atoms with E-state index in [9.17, 15) is 0 Å². The minimum Gasteiger partial charge on any atom is -0.448 e. The van der Waals surface area contributed by atoms with Crippen molar-refractivity contribution in [1.82, 2.24) is 5.32 Å². The second-order valence-electron chi connectivity index (χ2n) is 3.89. The van der Waals surface area contributed by atoms with Crippen LogP contribution >= 0.6 is 34.8 Å². The Kier molecular flexibility index (Phi) is 4.57. The molecule has 1 unspecified atom stereocenters. The van der Waals surface area contributed by atoms with Crippen LogP contribution in [0.15, 0.2) is 34.7 Å². The standard InChI is InChI=1S/C13H12Cl3NO/c1-17-11(12-5-6-13(16)18-12)7-8-9(14)3-2-4-10(8)15/h2-6,11,17H,7H2,1H3. The van der Waals surface area contributed by atoms with Crippen molar-refractivity contribution < 1.29 is 4.42 Å². The number of rotatable bonds is 4. The molecule has 0 spiro atoms. The second kappa shape index (κ2) is 5.98. The Morgan fingerprint density at radius 2 is 1.78 bits per heavy atom. The highest BCUT2D eigenvalue weighted by molar-refractivity contribution is 6.36. The van der Waals surface area contributed by atoms with Crippen LogP contribution in [0.3, 0.4) is 0 Å². The van der Waals surface area contributed by atoms with Gasteiger partial charge in [-0.2, -0.15) is 0 Å². The van der Waals surface area contributed by atoms with Gasteiger partial charge in [0.25, 0.3) is 0 Å². The maximum absolute atomic E-state index is 6.15. The summed E-state index contributed by atoms with van der Waals surface area (Å²) in [5.74, 6) is 0.762. The van der Waals surface area contributed by atoms with Crippen molar-refractivity contribution in [2.75, 3.05) is 7.05 Å². The summed E-state index contributed by atoms with van der Waals surface area (Å²) in [6, 6.07) is 9.01. The highest BCUT2D eigenvalue weighted by Gasteiger charge is 2.17. The summed E-state index contributed by atoms with van der Waals surface area (Å²) < 4.78 is 5.41. The van der Waals surface area contributed by atoms with E-state index in [4.69, 9.17) is 39.2 Å². The molecule has 5 heteroatoms. The first kappa shape index (κ1) is 13.8. The normalized spacial score (nSPS) is 12.7. The van der Waals surface area contributed by atoms with Crippen molar-refractivity contribution in [3.8, 4) is 0 Å². The lowest BCUT2D eigenvalue weighted by atomic mass is 10.0. The summed E-state index contributed by atoms with van der Waals surface area (Å²) in [5, 5.41) is 4.84. The van der Waals surface area contributed by atoms with Gasteiger partial charge in [0.2, 0.25) is 0 Å². The molecule has 1 aromatic heterocycles. The lowest BCUT2D eigenvalue weighted by molar-refractivity contribution is 0.430. The van der Waals surface area contributed by atoms with E-state index in [1.54, 1.807) is 6.07 Å². The fourth-order valence-electron chi connectivity index (χ4n) is 1.79. The average Bonchev–Trinajstić information content (AvgIpc) is 2.76. The van der Waals surface area contributed by atoms with Gasteiger partial charge < -0.3 is 9.73 Å². The fourth-order valence-corrected chi connectivity index (χ4v) is 2.50. The van der Waals surface area contributed by atoms with Crippen LogP contribution in [0.25, 0.3) is 0 Å². The first-order chi connectivity index (χ1) is 8.61. The van der Waals surface area contributed by atoms with Gasteiger partial charge in [0.15, 0.2) is 5.22 Å². The molecule has 1 aromatic carbocycles. The van der Waals surface area contributed by atoms with E-state index in [-0.39, 0.29) is 6.04 Å². The van der Waals surface area contributed by atoms with E-state index in [1.165, 1.54) is 0 Å². The van der Waals surface area contributed by atoms with Crippen LogP contribution in [-0.2, 0) is 6.42 Å². The topological polar surface area (TPSA) is 25.2 Å². The zero-order chi connectivity index (χ0) is 13.1. The highest BCUT2D eigenvalue weighted by Crippen LogP contribution is 2.30. The van der Waals surface area contributed by atoms with Gasteiger partial charge in [-0.15, -0.1) is 0 Å². The fraction of sp³-hybridized carbons (Fsp3) is 0.231. The number of hydrogen-bond acceptors (Lipinski definition) is 2. The number of halogens is 3. The predicted octanol–water partition coefficient (Wildman–Crippen LogP) is 4.74. The van der Waals surface area contributed by atoms with Gasteiger partial charge in [-0.1, -0.05) is 29.3 Å². The van der Waals surface area contributed by atoms with Crippen molar-refractivity contribution in [3.63, 3.8) is 0 Å². The molecule has 0 aliphatic carbocycles. The molecule has 18 heavy (non-hydrogen) atoms. The van der Waals surface area contributed by atoms with Crippen molar-refractivity contribution in [3.05, 3.63) is 56.9 Å². The van der Waals surface area contributed by atoms with E-state index in [0.717, 1.165) is 11.3 Å². The molecule has 1 N–H and O–H groups in total. The monoisotopic (exact) mass is 303 g/mol. The summed E-state index contributed by atoms with van der Waals surface area (Å²) in [6.07, 6.45) is 0.638. The SMILES string of the molecule is CNC(Cc1c(Cl)cccc1Cl)c1ccc(Cl)o1. The summed E-state index contributed by atoms with van der Waals surface area (Å²) in [6.45, 7) is 0. The molecule has 0 saturated carbocycles. The second-order valence-corrected chi connectivity index (χ2v) is 5.07. The first-order valence-corrected chi connectivity index (χ1v) is 6.60. The lowest BCUT2D eigenvalue weighted by Crippen LogP contribution is -2.18. The smallest absolute Gasteiger partial charge is 0.193 e. The minimum absolute atomic E-state index is 0.0186. The highest BCUT2D eigenvalue weighted by atomic mass is 35.5. The van der Waals surface area contributed by atoms with Crippen LogP contribution in [0.5, 0.6) is 0 Å². The van der Waals surface area contributed by atoms with Gasteiger partial charge in [0.1, 0.15) is 5.76 Å². The molecule has 0 saturated heterocycles.